The third-order valence-corrected chi connectivity index (χ3v) is 7.45. The molecule has 3 aliphatic rings. The molecule has 0 bridgehead atoms. The number of thioether (sulfide) groups is 1. The molecular formula is C24H27N3O6S. The smallest absolute Gasteiger partial charge is 0.338 e. The molecule has 0 spiro atoms. The van der Waals surface area contributed by atoms with Crippen molar-refractivity contribution in [3.05, 3.63) is 59.9 Å². The zero-order valence-electron chi connectivity index (χ0n) is 19.2. The molecule has 9 nitrogen and oxygen atoms in total. The number of ether oxygens (including phenoxy) is 2. The normalized spacial score (nSPS) is 24.6. The number of allylic oxidation sites excluding steroid dienone is 1. The highest BCUT2D eigenvalue weighted by Gasteiger charge is 2.64. The van der Waals surface area contributed by atoms with Crippen molar-refractivity contribution >= 4 is 35.5 Å². The SMILES string of the molecule is CN1C=CCC(C(=O)OCOC(=O)[C@@H]2N3C(=O)C(NC(=O)Cc4ccccc4)C3SC2(C)C)=C1. The lowest BCUT2D eigenvalue weighted by atomic mass is 9.96. The predicted octanol–water partition coefficient (Wildman–Crippen LogP) is 1.55. The summed E-state index contributed by atoms with van der Waals surface area (Å²) in [6, 6.07) is 7.72. The molecule has 2 saturated heterocycles. The van der Waals surface area contributed by atoms with E-state index in [9.17, 15) is 19.2 Å². The highest BCUT2D eigenvalue weighted by Crippen LogP contribution is 2.51. The Morgan fingerprint density at radius 2 is 1.91 bits per heavy atom. The van der Waals surface area contributed by atoms with E-state index in [2.05, 4.69) is 5.32 Å². The quantitative estimate of drug-likeness (QED) is 0.352. The number of carbonyl (C=O) groups is 4. The van der Waals surface area contributed by atoms with Crippen LogP contribution in [0.25, 0.3) is 0 Å². The van der Waals surface area contributed by atoms with Crippen LogP contribution in [-0.4, -0.2) is 69.6 Å². The van der Waals surface area contributed by atoms with Crippen LogP contribution in [0.5, 0.6) is 0 Å². The molecule has 2 fully saturated rings. The van der Waals surface area contributed by atoms with E-state index >= 15 is 0 Å². The largest absolute Gasteiger partial charge is 0.426 e. The molecule has 3 aliphatic heterocycles. The summed E-state index contributed by atoms with van der Waals surface area (Å²) in [4.78, 5) is 53.5. The Morgan fingerprint density at radius 1 is 1.18 bits per heavy atom. The molecule has 4 rings (SSSR count). The average molecular weight is 486 g/mol. The molecule has 3 atom stereocenters. The summed E-state index contributed by atoms with van der Waals surface area (Å²) in [7, 11) is 1.79. The van der Waals surface area contributed by atoms with Gasteiger partial charge in [-0.15, -0.1) is 11.8 Å². The number of rotatable bonds is 7. The monoisotopic (exact) mass is 485 g/mol. The van der Waals surface area contributed by atoms with Crippen LogP contribution >= 0.6 is 11.8 Å². The minimum Gasteiger partial charge on any atom is -0.426 e. The summed E-state index contributed by atoms with van der Waals surface area (Å²) < 4.78 is 9.66. The number of carbonyl (C=O) groups excluding carboxylic acids is 4. The number of nitrogens with zero attached hydrogens (tertiary/aromatic N) is 2. The van der Waals surface area contributed by atoms with Gasteiger partial charge < -0.3 is 24.6 Å². The van der Waals surface area contributed by atoms with Gasteiger partial charge in [-0.25, -0.2) is 9.59 Å². The molecule has 1 aromatic rings. The first-order valence-electron chi connectivity index (χ1n) is 10.9. The van der Waals surface area contributed by atoms with Gasteiger partial charge in [0.15, 0.2) is 0 Å². The van der Waals surface area contributed by atoms with Gasteiger partial charge in [0.2, 0.25) is 18.6 Å². The Balaban J connectivity index is 1.31. The topological polar surface area (TPSA) is 105 Å². The maximum absolute atomic E-state index is 12.8. The fourth-order valence-electron chi connectivity index (χ4n) is 4.27. The molecule has 2 unspecified atom stereocenters. The highest BCUT2D eigenvalue weighted by molar-refractivity contribution is 8.01. The lowest BCUT2D eigenvalue weighted by Gasteiger charge is -2.43. The van der Waals surface area contributed by atoms with Crippen molar-refractivity contribution in [3.63, 3.8) is 0 Å². The molecule has 0 radical (unpaired) electrons. The van der Waals surface area contributed by atoms with Gasteiger partial charge in [-0.2, -0.15) is 0 Å². The van der Waals surface area contributed by atoms with Crippen molar-refractivity contribution in [2.75, 3.05) is 13.8 Å². The Kier molecular flexibility index (Phi) is 6.70. The minimum atomic E-state index is -0.848. The summed E-state index contributed by atoms with van der Waals surface area (Å²) in [6.45, 7) is 3.15. The van der Waals surface area contributed by atoms with Crippen LogP contribution in [0.2, 0.25) is 0 Å². The Morgan fingerprint density at radius 3 is 2.62 bits per heavy atom. The van der Waals surface area contributed by atoms with Gasteiger partial charge in [-0.05, 0) is 25.6 Å². The molecule has 3 heterocycles. The van der Waals surface area contributed by atoms with Gasteiger partial charge >= 0.3 is 11.9 Å². The van der Waals surface area contributed by atoms with Crippen molar-refractivity contribution in [2.45, 2.75) is 48.9 Å². The molecule has 180 valence electrons. The Hall–Kier alpha value is -3.27. The van der Waals surface area contributed by atoms with Crippen molar-refractivity contribution in [3.8, 4) is 0 Å². The molecule has 0 saturated carbocycles. The molecule has 2 amide bonds. The number of amides is 2. The van der Waals surface area contributed by atoms with E-state index in [0.717, 1.165) is 5.56 Å². The van der Waals surface area contributed by atoms with E-state index in [0.29, 0.717) is 12.0 Å². The highest BCUT2D eigenvalue weighted by atomic mass is 32.2. The summed E-state index contributed by atoms with van der Waals surface area (Å²) in [5.74, 6) is -1.79. The van der Waals surface area contributed by atoms with Gasteiger partial charge in [0.05, 0.1) is 12.0 Å². The average Bonchev–Trinajstić information content (AvgIpc) is 3.05. The number of esters is 2. The van der Waals surface area contributed by atoms with Gasteiger partial charge in [-0.1, -0.05) is 36.4 Å². The van der Waals surface area contributed by atoms with Crippen LogP contribution in [0, 0.1) is 0 Å². The lowest BCUT2D eigenvalue weighted by Crippen LogP contribution is -2.70. The van der Waals surface area contributed by atoms with Crippen molar-refractivity contribution in [2.24, 2.45) is 0 Å². The van der Waals surface area contributed by atoms with Gasteiger partial charge in [0.25, 0.3) is 0 Å². The molecule has 34 heavy (non-hydrogen) atoms. The number of hydrogen-bond donors (Lipinski definition) is 1. The van der Waals surface area contributed by atoms with Crippen LogP contribution < -0.4 is 5.32 Å². The second-order valence-electron chi connectivity index (χ2n) is 8.89. The van der Waals surface area contributed by atoms with Crippen molar-refractivity contribution in [1.29, 1.82) is 0 Å². The number of benzene rings is 1. The molecule has 0 aliphatic carbocycles. The Labute approximate surface area is 202 Å². The van der Waals surface area contributed by atoms with Crippen molar-refractivity contribution < 1.29 is 28.7 Å². The molecule has 10 heteroatoms. The number of fused-ring (bicyclic) bond motifs is 1. The van der Waals surface area contributed by atoms with Crippen LogP contribution in [0.1, 0.15) is 25.8 Å². The van der Waals surface area contributed by atoms with Crippen LogP contribution in [0.3, 0.4) is 0 Å². The second kappa shape index (κ2) is 9.54. The Bertz CT molecular complexity index is 1050. The third kappa shape index (κ3) is 4.82. The molecule has 1 aromatic carbocycles. The van der Waals surface area contributed by atoms with Gasteiger partial charge in [-0.3, -0.25) is 9.59 Å². The fraction of sp³-hybridized carbons (Fsp3) is 0.417. The van der Waals surface area contributed by atoms with Crippen molar-refractivity contribution in [1.82, 2.24) is 15.1 Å². The third-order valence-electron chi connectivity index (χ3n) is 5.88. The standard InChI is InChI=1S/C24H27N3O6S/c1-24(2)19(23(31)33-14-32-22(30)16-10-7-11-26(3)13-16)27-20(29)18(21(27)34-24)25-17(28)12-15-8-5-4-6-9-15/h4-9,11,13,18-19,21H,10,12,14H2,1-3H3,(H,25,28)/t18?,19-,21?/m0/s1. The zero-order valence-corrected chi connectivity index (χ0v) is 20.0. The molecular weight excluding hydrogens is 458 g/mol. The van der Waals surface area contributed by atoms with E-state index in [-0.39, 0.29) is 23.6 Å². The maximum atomic E-state index is 12.8. The van der Waals surface area contributed by atoms with Gasteiger partial charge in [0, 0.05) is 24.4 Å². The first-order valence-corrected chi connectivity index (χ1v) is 11.8. The molecule has 0 aromatic heterocycles. The number of β-lactam (4-membered cyclic amide) rings is 1. The van der Waals surface area contributed by atoms with E-state index < -0.39 is 35.6 Å². The first-order chi connectivity index (χ1) is 16.2. The minimum absolute atomic E-state index is 0.171. The molecule has 1 N–H and O–H groups in total. The zero-order chi connectivity index (χ0) is 24.5. The number of nitrogens with one attached hydrogen (secondary N) is 1. The van der Waals surface area contributed by atoms with E-state index in [1.54, 1.807) is 18.1 Å². The van der Waals surface area contributed by atoms with Crippen LogP contribution in [0.4, 0.5) is 0 Å². The predicted molar refractivity (Wildman–Crippen MR) is 125 cm³/mol. The van der Waals surface area contributed by atoms with E-state index in [4.69, 9.17) is 9.47 Å². The van der Waals surface area contributed by atoms with E-state index in [1.165, 1.54) is 16.7 Å². The number of hydrogen-bond acceptors (Lipinski definition) is 8. The summed E-state index contributed by atoms with van der Waals surface area (Å²) in [6.07, 6.45) is 5.91. The summed E-state index contributed by atoms with van der Waals surface area (Å²) in [5.41, 5.74) is 1.30. The van der Waals surface area contributed by atoms with Crippen LogP contribution in [0.15, 0.2) is 54.4 Å². The fourth-order valence-corrected chi connectivity index (χ4v) is 5.89. The maximum Gasteiger partial charge on any atom is 0.338 e. The van der Waals surface area contributed by atoms with Crippen LogP contribution in [-0.2, 0) is 35.1 Å². The first kappa shape index (κ1) is 23.9. The van der Waals surface area contributed by atoms with Gasteiger partial charge in [0.1, 0.15) is 17.5 Å². The second-order valence-corrected chi connectivity index (χ2v) is 10.7. The van der Waals surface area contributed by atoms with E-state index in [1.807, 2.05) is 56.5 Å². The summed E-state index contributed by atoms with van der Waals surface area (Å²) >= 11 is 1.44. The summed E-state index contributed by atoms with van der Waals surface area (Å²) in [5, 5.41) is 2.43. The lowest BCUT2D eigenvalue weighted by molar-refractivity contribution is -0.175.